The number of allylic oxidation sites excluding steroid dienone is 3. The predicted molar refractivity (Wildman–Crippen MR) is 126 cm³/mol. The van der Waals surface area contributed by atoms with Gasteiger partial charge in [0.1, 0.15) is 6.61 Å². The van der Waals surface area contributed by atoms with E-state index in [4.69, 9.17) is 10.5 Å². The molecule has 0 saturated carbocycles. The predicted octanol–water partition coefficient (Wildman–Crippen LogP) is 4.33. The SMILES string of the molecule is C\C=C(/C=N\C(OCc1ccncc1)=C(/C)CC)c1cccc(CN(C)C(=O)CN)c1. The molecule has 0 fully saturated rings. The number of aliphatic imine (C=N–C) groups is 1. The van der Waals surface area contributed by atoms with Crippen LogP contribution in [0.5, 0.6) is 0 Å². The van der Waals surface area contributed by atoms with Gasteiger partial charge in [0, 0.05) is 32.2 Å². The number of ether oxygens (including phenoxy) is 1. The maximum atomic E-state index is 11.8. The quantitative estimate of drug-likeness (QED) is 0.458. The van der Waals surface area contributed by atoms with Crippen LogP contribution in [0.1, 0.15) is 43.9 Å². The topological polar surface area (TPSA) is 80.8 Å². The summed E-state index contributed by atoms with van der Waals surface area (Å²) in [5.74, 6) is 0.539. The number of rotatable bonds is 10. The number of nitrogens with zero attached hydrogens (tertiary/aromatic N) is 3. The van der Waals surface area contributed by atoms with Crippen LogP contribution in [0.3, 0.4) is 0 Å². The van der Waals surface area contributed by atoms with E-state index in [1.807, 2.05) is 56.5 Å². The number of carbonyl (C=O) groups is 1. The molecule has 0 aliphatic carbocycles. The standard InChI is InChI=1S/C25H32N4O2/c1-5-19(3)25(31-18-20-10-12-27-13-11-20)28-16-22(6-2)23-9-7-8-21(14-23)17-29(4)24(30)15-26/h6-14,16H,5,15,17-18,26H2,1-4H3/b22-6+,25-19-,28-16-. The molecule has 0 bridgehead atoms. The Bertz CT molecular complexity index is 949. The lowest BCUT2D eigenvalue weighted by Crippen LogP contribution is -2.32. The third kappa shape index (κ3) is 7.50. The summed E-state index contributed by atoms with van der Waals surface area (Å²) in [5.41, 5.74) is 10.6. The fourth-order valence-electron chi connectivity index (χ4n) is 2.86. The van der Waals surface area contributed by atoms with Crippen molar-refractivity contribution in [3.63, 3.8) is 0 Å². The van der Waals surface area contributed by atoms with Crippen LogP contribution in [0.4, 0.5) is 0 Å². The summed E-state index contributed by atoms with van der Waals surface area (Å²) in [7, 11) is 1.75. The van der Waals surface area contributed by atoms with Crippen molar-refractivity contribution >= 4 is 17.7 Å². The van der Waals surface area contributed by atoms with Crippen molar-refractivity contribution in [1.82, 2.24) is 9.88 Å². The Kier molecular flexibility index (Phi) is 9.65. The minimum atomic E-state index is -0.0885. The Balaban J connectivity index is 2.17. The van der Waals surface area contributed by atoms with Crippen molar-refractivity contribution in [3.8, 4) is 0 Å². The second-order valence-corrected chi connectivity index (χ2v) is 7.24. The van der Waals surface area contributed by atoms with Crippen LogP contribution in [0.25, 0.3) is 5.57 Å². The molecule has 1 amide bonds. The van der Waals surface area contributed by atoms with Crippen molar-refractivity contribution in [2.45, 2.75) is 40.3 Å². The van der Waals surface area contributed by atoms with Gasteiger partial charge < -0.3 is 15.4 Å². The molecule has 0 saturated heterocycles. The fourth-order valence-corrected chi connectivity index (χ4v) is 2.86. The average molecular weight is 421 g/mol. The summed E-state index contributed by atoms with van der Waals surface area (Å²) in [4.78, 5) is 22.1. The van der Waals surface area contributed by atoms with E-state index >= 15 is 0 Å². The zero-order valence-electron chi connectivity index (χ0n) is 18.8. The average Bonchev–Trinajstić information content (AvgIpc) is 2.81. The highest BCUT2D eigenvalue weighted by molar-refractivity contribution is 6.10. The second-order valence-electron chi connectivity index (χ2n) is 7.24. The molecule has 0 spiro atoms. The lowest BCUT2D eigenvalue weighted by molar-refractivity contribution is -0.128. The van der Waals surface area contributed by atoms with Crippen LogP contribution in [-0.2, 0) is 22.7 Å². The van der Waals surface area contributed by atoms with Crippen LogP contribution in [0.2, 0.25) is 0 Å². The number of pyridine rings is 1. The molecule has 0 unspecified atom stereocenters. The highest BCUT2D eigenvalue weighted by atomic mass is 16.5. The van der Waals surface area contributed by atoms with Crippen molar-refractivity contribution in [3.05, 3.63) is 83.0 Å². The van der Waals surface area contributed by atoms with Crippen molar-refractivity contribution in [1.29, 1.82) is 0 Å². The van der Waals surface area contributed by atoms with E-state index in [1.54, 1.807) is 24.3 Å². The minimum absolute atomic E-state index is 0.00828. The van der Waals surface area contributed by atoms with Crippen molar-refractivity contribution in [2.24, 2.45) is 10.7 Å². The van der Waals surface area contributed by atoms with E-state index < -0.39 is 0 Å². The van der Waals surface area contributed by atoms with E-state index in [0.29, 0.717) is 19.0 Å². The first-order valence-corrected chi connectivity index (χ1v) is 10.4. The molecule has 2 N–H and O–H groups in total. The van der Waals surface area contributed by atoms with Gasteiger partial charge in [0.15, 0.2) is 0 Å². The number of likely N-dealkylation sites (N-methyl/N-ethyl adjacent to an activating group) is 1. The molecule has 6 heteroatoms. The molecule has 1 heterocycles. The smallest absolute Gasteiger partial charge is 0.236 e. The van der Waals surface area contributed by atoms with Crippen LogP contribution in [0, 0.1) is 0 Å². The van der Waals surface area contributed by atoms with E-state index in [0.717, 1.165) is 34.3 Å². The van der Waals surface area contributed by atoms with Gasteiger partial charge in [-0.1, -0.05) is 31.2 Å². The number of hydrogen-bond donors (Lipinski definition) is 1. The third-order valence-electron chi connectivity index (χ3n) is 4.93. The van der Waals surface area contributed by atoms with E-state index in [-0.39, 0.29) is 12.5 Å². The van der Waals surface area contributed by atoms with Crippen LogP contribution < -0.4 is 5.73 Å². The number of carbonyl (C=O) groups excluding carboxylic acids is 1. The zero-order chi connectivity index (χ0) is 22.6. The molecule has 2 aromatic rings. The van der Waals surface area contributed by atoms with E-state index in [1.165, 1.54) is 0 Å². The summed E-state index contributed by atoms with van der Waals surface area (Å²) >= 11 is 0. The van der Waals surface area contributed by atoms with E-state index in [9.17, 15) is 4.79 Å². The summed E-state index contributed by atoms with van der Waals surface area (Å²) in [6.07, 6.45) is 8.20. The molecule has 0 radical (unpaired) electrons. The highest BCUT2D eigenvalue weighted by Gasteiger charge is 2.08. The number of benzene rings is 1. The summed E-state index contributed by atoms with van der Waals surface area (Å²) in [6.45, 7) is 7.04. The molecule has 31 heavy (non-hydrogen) atoms. The van der Waals surface area contributed by atoms with Gasteiger partial charge in [-0.05, 0) is 66.3 Å². The number of amides is 1. The first kappa shape index (κ1) is 24.0. The molecular weight excluding hydrogens is 388 g/mol. The van der Waals surface area contributed by atoms with Crippen molar-refractivity contribution < 1.29 is 9.53 Å². The van der Waals surface area contributed by atoms with Gasteiger partial charge in [0.05, 0.1) is 6.54 Å². The second kappa shape index (κ2) is 12.4. The van der Waals surface area contributed by atoms with Gasteiger partial charge in [-0.25, -0.2) is 4.99 Å². The molecular formula is C25H32N4O2. The zero-order valence-corrected chi connectivity index (χ0v) is 18.8. The van der Waals surface area contributed by atoms with E-state index in [2.05, 4.69) is 23.0 Å². The Hall–Kier alpha value is -3.25. The van der Waals surface area contributed by atoms with Gasteiger partial charge in [-0.3, -0.25) is 9.78 Å². The largest absolute Gasteiger partial charge is 0.473 e. The van der Waals surface area contributed by atoms with Crippen LogP contribution in [0.15, 0.2) is 71.3 Å². The summed E-state index contributed by atoms with van der Waals surface area (Å²) in [6, 6.07) is 11.9. The Morgan fingerprint density at radius 1 is 1.23 bits per heavy atom. The fraction of sp³-hybridized carbons (Fsp3) is 0.320. The molecule has 0 aliphatic rings. The Morgan fingerprint density at radius 2 is 1.97 bits per heavy atom. The van der Waals surface area contributed by atoms with Gasteiger partial charge in [0.2, 0.25) is 11.8 Å². The van der Waals surface area contributed by atoms with Crippen LogP contribution >= 0.6 is 0 Å². The van der Waals surface area contributed by atoms with Crippen molar-refractivity contribution in [2.75, 3.05) is 13.6 Å². The van der Waals surface area contributed by atoms with Gasteiger partial charge in [-0.2, -0.15) is 0 Å². The summed E-state index contributed by atoms with van der Waals surface area (Å²) in [5, 5.41) is 0. The minimum Gasteiger partial charge on any atom is -0.473 e. The number of hydrogen-bond acceptors (Lipinski definition) is 5. The highest BCUT2D eigenvalue weighted by Crippen LogP contribution is 2.18. The molecule has 164 valence electrons. The van der Waals surface area contributed by atoms with Gasteiger partial charge in [-0.15, -0.1) is 0 Å². The lowest BCUT2D eigenvalue weighted by atomic mass is 10.0. The van der Waals surface area contributed by atoms with Crippen LogP contribution in [-0.4, -0.2) is 35.6 Å². The summed E-state index contributed by atoms with van der Waals surface area (Å²) < 4.78 is 6.00. The Morgan fingerprint density at radius 3 is 2.61 bits per heavy atom. The number of aromatic nitrogens is 1. The van der Waals surface area contributed by atoms with Gasteiger partial charge >= 0.3 is 0 Å². The molecule has 1 aromatic carbocycles. The Labute approximate surface area is 185 Å². The molecule has 6 nitrogen and oxygen atoms in total. The monoisotopic (exact) mass is 420 g/mol. The molecule has 0 aliphatic heterocycles. The first-order valence-electron chi connectivity index (χ1n) is 10.4. The molecule has 0 atom stereocenters. The third-order valence-corrected chi connectivity index (χ3v) is 4.93. The molecule has 1 aromatic heterocycles. The maximum absolute atomic E-state index is 11.8. The van der Waals surface area contributed by atoms with Gasteiger partial charge in [0.25, 0.3) is 0 Å². The first-order chi connectivity index (χ1) is 15.0. The molecule has 2 rings (SSSR count). The lowest BCUT2D eigenvalue weighted by Gasteiger charge is -2.17. The number of nitrogens with two attached hydrogens (primary N) is 1. The normalized spacial score (nSPS) is 12.6. The maximum Gasteiger partial charge on any atom is 0.236 e.